The fraction of sp³-hybridized carbons (Fsp3) is 0.556. The minimum atomic E-state index is -4.76. The van der Waals surface area contributed by atoms with E-state index < -0.39 is 18.1 Å². The molecule has 2 atom stereocenters. The van der Waals surface area contributed by atoms with Gasteiger partial charge in [0.15, 0.2) is 0 Å². The van der Waals surface area contributed by atoms with Gasteiger partial charge in [-0.25, -0.2) is 4.79 Å². The summed E-state index contributed by atoms with van der Waals surface area (Å²) in [6, 6.07) is 5.20. The molecule has 0 spiro atoms. The Kier molecular flexibility index (Phi) is 4.73. The van der Waals surface area contributed by atoms with E-state index in [1.54, 1.807) is 25.7 Å². The third kappa shape index (κ3) is 4.45. The van der Waals surface area contributed by atoms with Crippen molar-refractivity contribution in [2.75, 3.05) is 24.5 Å². The van der Waals surface area contributed by atoms with Crippen LogP contribution in [-0.4, -0.2) is 48.5 Å². The zero-order chi connectivity index (χ0) is 20.0. The molecule has 2 fully saturated rings. The molecule has 2 heterocycles. The monoisotopic (exact) mass is 386 g/mol. The lowest BCUT2D eigenvalue weighted by atomic mass is 10.0. The maximum atomic E-state index is 12.7. The van der Waals surface area contributed by atoms with Crippen molar-refractivity contribution >= 4 is 17.7 Å². The Morgan fingerprint density at radius 3 is 2.22 bits per heavy atom. The molecule has 9 heteroatoms. The van der Waals surface area contributed by atoms with E-state index in [-0.39, 0.29) is 30.0 Å². The van der Waals surface area contributed by atoms with Gasteiger partial charge in [0.2, 0.25) is 5.91 Å². The van der Waals surface area contributed by atoms with Crippen LogP contribution in [0.2, 0.25) is 0 Å². The van der Waals surface area contributed by atoms with Gasteiger partial charge in [0, 0.05) is 31.2 Å². The van der Waals surface area contributed by atoms with E-state index in [2.05, 4.69) is 4.74 Å². The summed E-state index contributed by atoms with van der Waals surface area (Å²) in [5, 5.41) is 0. The standard InChI is InChI=1S/C18H21F3N2O4/c1-17(2,3)27-16(25)22-8-11-9-23(15(24)14(11)10-22)12-4-6-13(7-5-12)26-18(19,20)21/h4-7,11,14H,8-10H2,1-3H3/t11-,14-/m1/s1. The number of rotatable bonds is 2. The second kappa shape index (κ2) is 6.61. The summed E-state index contributed by atoms with van der Waals surface area (Å²) < 4.78 is 45.9. The predicted octanol–water partition coefficient (Wildman–Crippen LogP) is 3.41. The number of carbonyl (C=O) groups excluding carboxylic acids is 2. The molecule has 0 saturated carbocycles. The predicted molar refractivity (Wildman–Crippen MR) is 90.3 cm³/mol. The van der Waals surface area contributed by atoms with Gasteiger partial charge in [-0.05, 0) is 45.0 Å². The van der Waals surface area contributed by atoms with E-state index in [1.165, 1.54) is 29.2 Å². The Morgan fingerprint density at radius 2 is 1.70 bits per heavy atom. The Balaban J connectivity index is 1.63. The van der Waals surface area contributed by atoms with Crippen LogP contribution in [0.3, 0.4) is 0 Å². The van der Waals surface area contributed by atoms with Crippen molar-refractivity contribution in [3.63, 3.8) is 0 Å². The summed E-state index contributed by atoms with van der Waals surface area (Å²) in [4.78, 5) is 27.9. The van der Waals surface area contributed by atoms with Crippen LogP contribution >= 0.6 is 0 Å². The highest BCUT2D eigenvalue weighted by Gasteiger charge is 2.48. The number of ether oxygens (including phenoxy) is 2. The smallest absolute Gasteiger partial charge is 0.444 e. The second-order valence-corrected chi connectivity index (χ2v) is 7.74. The molecule has 0 unspecified atom stereocenters. The minimum Gasteiger partial charge on any atom is -0.444 e. The van der Waals surface area contributed by atoms with Crippen LogP contribution in [0.15, 0.2) is 24.3 Å². The molecule has 2 aliphatic rings. The SMILES string of the molecule is CC(C)(C)OC(=O)N1C[C@@H]2CN(c3ccc(OC(F)(F)F)cc3)C(=O)[C@@H]2C1. The Hall–Kier alpha value is -2.45. The number of hydrogen-bond donors (Lipinski definition) is 0. The van der Waals surface area contributed by atoms with Crippen molar-refractivity contribution in [1.29, 1.82) is 0 Å². The number of nitrogens with zero attached hydrogens (tertiary/aromatic N) is 2. The summed E-state index contributed by atoms with van der Waals surface area (Å²) in [5.41, 5.74) is -0.0989. The van der Waals surface area contributed by atoms with Gasteiger partial charge in [0.05, 0.1) is 5.92 Å². The minimum absolute atomic E-state index is 0.0314. The molecule has 2 aliphatic heterocycles. The second-order valence-electron chi connectivity index (χ2n) is 7.74. The highest BCUT2D eigenvalue weighted by atomic mass is 19.4. The van der Waals surface area contributed by atoms with Crippen molar-refractivity contribution in [2.45, 2.75) is 32.7 Å². The first-order chi connectivity index (χ1) is 12.4. The molecule has 1 aromatic carbocycles. The molecule has 1 aromatic rings. The van der Waals surface area contributed by atoms with E-state index in [4.69, 9.17) is 4.74 Å². The van der Waals surface area contributed by atoms with Crippen LogP contribution < -0.4 is 9.64 Å². The zero-order valence-corrected chi connectivity index (χ0v) is 15.2. The van der Waals surface area contributed by atoms with Gasteiger partial charge >= 0.3 is 12.5 Å². The van der Waals surface area contributed by atoms with Crippen molar-refractivity contribution in [2.24, 2.45) is 11.8 Å². The number of carbonyl (C=O) groups is 2. The van der Waals surface area contributed by atoms with Crippen LogP contribution in [0.5, 0.6) is 5.75 Å². The summed E-state index contributed by atoms with van der Waals surface area (Å²) >= 11 is 0. The molecule has 0 N–H and O–H groups in total. The molecule has 148 valence electrons. The van der Waals surface area contributed by atoms with E-state index in [1.807, 2.05) is 0 Å². The van der Waals surface area contributed by atoms with Gasteiger partial charge < -0.3 is 19.3 Å². The molecule has 27 heavy (non-hydrogen) atoms. The van der Waals surface area contributed by atoms with Gasteiger partial charge in [-0.15, -0.1) is 13.2 Å². The Labute approximate surface area is 154 Å². The third-order valence-corrected chi connectivity index (χ3v) is 4.47. The van der Waals surface area contributed by atoms with Crippen LogP contribution in [0.1, 0.15) is 20.8 Å². The summed E-state index contributed by atoms with van der Waals surface area (Å²) in [6.45, 7) is 6.44. The fourth-order valence-electron chi connectivity index (χ4n) is 3.40. The lowest BCUT2D eigenvalue weighted by Gasteiger charge is -2.26. The van der Waals surface area contributed by atoms with Crippen LogP contribution in [0, 0.1) is 11.8 Å². The van der Waals surface area contributed by atoms with E-state index in [0.717, 1.165) is 0 Å². The van der Waals surface area contributed by atoms with E-state index in [9.17, 15) is 22.8 Å². The average Bonchev–Trinajstić information content (AvgIpc) is 3.05. The fourth-order valence-corrected chi connectivity index (χ4v) is 3.40. The number of likely N-dealkylation sites (tertiary alicyclic amines) is 1. The average molecular weight is 386 g/mol. The van der Waals surface area contributed by atoms with Crippen molar-refractivity contribution in [1.82, 2.24) is 4.90 Å². The number of alkyl halides is 3. The largest absolute Gasteiger partial charge is 0.573 e. The molecule has 6 nitrogen and oxygen atoms in total. The normalized spacial score (nSPS) is 22.8. The van der Waals surface area contributed by atoms with Crippen molar-refractivity contribution < 1.29 is 32.2 Å². The maximum absolute atomic E-state index is 12.7. The van der Waals surface area contributed by atoms with Gasteiger partial charge in [-0.1, -0.05) is 0 Å². The number of benzene rings is 1. The first-order valence-corrected chi connectivity index (χ1v) is 8.58. The van der Waals surface area contributed by atoms with Crippen molar-refractivity contribution in [3.8, 4) is 5.75 Å². The quantitative estimate of drug-likeness (QED) is 0.782. The molecule has 0 aliphatic carbocycles. The highest BCUT2D eigenvalue weighted by Crippen LogP contribution is 2.36. The summed E-state index contributed by atoms with van der Waals surface area (Å²) in [7, 11) is 0. The first-order valence-electron chi connectivity index (χ1n) is 8.58. The number of hydrogen-bond acceptors (Lipinski definition) is 4. The Bertz CT molecular complexity index is 728. The molecule has 0 bridgehead atoms. The molecule has 2 amide bonds. The highest BCUT2D eigenvalue weighted by molar-refractivity contribution is 5.98. The summed E-state index contributed by atoms with van der Waals surface area (Å²) in [5.74, 6) is -0.843. The number of halogens is 3. The van der Waals surface area contributed by atoms with Crippen LogP contribution in [-0.2, 0) is 9.53 Å². The number of amides is 2. The first kappa shape index (κ1) is 19.3. The van der Waals surface area contributed by atoms with E-state index >= 15 is 0 Å². The van der Waals surface area contributed by atoms with Gasteiger partial charge in [-0.3, -0.25) is 4.79 Å². The van der Waals surface area contributed by atoms with Crippen molar-refractivity contribution in [3.05, 3.63) is 24.3 Å². The third-order valence-electron chi connectivity index (χ3n) is 4.47. The van der Waals surface area contributed by atoms with Gasteiger partial charge in [0.1, 0.15) is 11.4 Å². The Morgan fingerprint density at radius 1 is 1.07 bits per heavy atom. The maximum Gasteiger partial charge on any atom is 0.573 e. The molecule has 0 radical (unpaired) electrons. The lowest BCUT2D eigenvalue weighted by molar-refractivity contribution is -0.274. The van der Waals surface area contributed by atoms with Gasteiger partial charge in [-0.2, -0.15) is 0 Å². The van der Waals surface area contributed by atoms with E-state index in [0.29, 0.717) is 18.8 Å². The lowest BCUT2D eigenvalue weighted by Crippen LogP contribution is -2.38. The van der Waals surface area contributed by atoms with Crippen LogP contribution in [0.25, 0.3) is 0 Å². The molecular weight excluding hydrogens is 365 g/mol. The molecular formula is C18H21F3N2O4. The summed E-state index contributed by atoms with van der Waals surface area (Å²) in [6.07, 6.45) is -5.20. The zero-order valence-electron chi connectivity index (χ0n) is 15.2. The molecule has 3 rings (SSSR count). The topological polar surface area (TPSA) is 59.1 Å². The van der Waals surface area contributed by atoms with Crippen LogP contribution in [0.4, 0.5) is 23.7 Å². The molecule has 2 saturated heterocycles. The molecule has 0 aromatic heterocycles. The van der Waals surface area contributed by atoms with Gasteiger partial charge in [0.25, 0.3) is 0 Å². The number of fused-ring (bicyclic) bond motifs is 1. The number of anilines is 1.